The maximum absolute atomic E-state index is 13.7. The number of carbonyl (C=O) groups is 1. The fourth-order valence-corrected chi connectivity index (χ4v) is 2.14. The second-order valence-electron chi connectivity index (χ2n) is 5.05. The van der Waals surface area contributed by atoms with Crippen molar-refractivity contribution in [2.24, 2.45) is 0 Å². The number of hydrogen-bond donors (Lipinski definition) is 1. The summed E-state index contributed by atoms with van der Waals surface area (Å²) in [6.45, 7) is 0. The van der Waals surface area contributed by atoms with E-state index in [2.05, 4.69) is 0 Å². The van der Waals surface area contributed by atoms with Gasteiger partial charge in [-0.15, -0.1) is 0 Å². The summed E-state index contributed by atoms with van der Waals surface area (Å²) in [5.74, 6) is -1.42. The second kappa shape index (κ2) is 7.19. The Kier molecular flexibility index (Phi) is 5.28. The summed E-state index contributed by atoms with van der Waals surface area (Å²) >= 11 is 0. The molecule has 1 unspecified atom stereocenters. The Morgan fingerprint density at radius 1 is 1.26 bits per heavy atom. The van der Waals surface area contributed by atoms with Gasteiger partial charge in [-0.25, -0.2) is 8.78 Å². The average molecular weight is 321 g/mol. The fraction of sp³-hybridized carbons (Fsp3) is 0.235. The molecule has 1 N–H and O–H groups in total. The van der Waals surface area contributed by atoms with E-state index in [0.717, 1.165) is 0 Å². The summed E-state index contributed by atoms with van der Waals surface area (Å²) in [5, 5.41) is 10.0. The molecule has 2 rings (SSSR count). The first-order chi connectivity index (χ1) is 10.9. The third-order valence-electron chi connectivity index (χ3n) is 3.50. The molecule has 122 valence electrons. The number of methoxy groups -OCH3 is 1. The lowest BCUT2D eigenvalue weighted by molar-refractivity contribution is -0.120. The SMILES string of the molecule is COc1ccc(N(C)C(=O)CC(O)c2cccc(F)c2)cc1F. The molecule has 0 aliphatic heterocycles. The number of rotatable bonds is 5. The highest BCUT2D eigenvalue weighted by Gasteiger charge is 2.18. The van der Waals surface area contributed by atoms with E-state index in [0.29, 0.717) is 11.3 Å². The van der Waals surface area contributed by atoms with Crippen molar-refractivity contribution in [3.05, 3.63) is 59.7 Å². The topological polar surface area (TPSA) is 49.8 Å². The van der Waals surface area contributed by atoms with E-state index in [4.69, 9.17) is 4.74 Å². The molecule has 0 aliphatic carbocycles. The summed E-state index contributed by atoms with van der Waals surface area (Å²) in [6, 6.07) is 9.54. The molecule has 0 saturated carbocycles. The minimum atomic E-state index is -1.14. The molecule has 0 fully saturated rings. The third kappa shape index (κ3) is 4.04. The monoisotopic (exact) mass is 321 g/mol. The second-order valence-corrected chi connectivity index (χ2v) is 5.05. The number of anilines is 1. The molecule has 0 heterocycles. The molecule has 4 nitrogen and oxygen atoms in total. The summed E-state index contributed by atoms with van der Waals surface area (Å²) in [7, 11) is 2.82. The van der Waals surface area contributed by atoms with E-state index >= 15 is 0 Å². The fourth-order valence-electron chi connectivity index (χ4n) is 2.14. The number of aliphatic hydroxyl groups excluding tert-OH is 1. The lowest BCUT2D eigenvalue weighted by Crippen LogP contribution is -2.27. The number of amides is 1. The van der Waals surface area contributed by atoms with E-state index in [9.17, 15) is 18.7 Å². The van der Waals surface area contributed by atoms with Crippen molar-refractivity contribution in [2.75, 3.05) is 19.1 Å². The van der Waals surface area contributed by atoms with Crippen molar-refractivity contribution in [2.45, 2.75) is 12.5 Å². The molecule has 0 spiro atoms. The zero-order valence-electron chi connectivity index (χ0n) is 12.8. The van der Waals surface area contributed by atoms with Crippen molar-refractivity contribution in [1.29, 1.82) is 0 Å². The summed E-state index contributed by atoms with van der Waals surface area (Å²) in [5.41, 5.74) is 0.646. The Hall–Kier alpha value is -2.47. The number of aliphatic hydroxyl groups is 1. The zero-order valence-corrected chi connectivity index (χ0v) is 12.8. The standard InChI is InChI=1S/C17H17F2NO3/c1-20(13-6-7-16(23-2)14(19)9-13)17(22)10-15(21)11-4-3-5-12(18)8-11/h3-9,15,21H,10H2,1-2H3. The summed E-state index contributed by atoms with van der Waals surface area (Å²) in [4.78, 5) is 13.4. The Balaban J connectivity index is 2.09. The molecule has 0 aromatic heterocycles. The Morgan fingerprint density at radius 2 is 2.00 bits per heavy atom. The Bertz CT molecular complexity index is 706. The van der Waals surface area contributed by atoms with E-state index in [1.807, 2.05) is 0 Å². The van der Waals surface area contributed by atoms with Gasteiger partial charge in [0.25, 0.3) is 0 Å². The van der Waals surface area contributed by atoms with Gasteiger partial charge in [0, 0.05) is 18.8 Å². The number of ether oxygens (including phenoxy) is 1. The Morgan fingerprint density at radius 3 is 2.61 bits per heavy atom. The van der Waals surface area contributed by atoms with Gasteiger partial charge in [-0.05, 0) is 29.8 Å². The lowest BCUT2D eigenvalue weighted by Gasteiger charge is -2.20. The van der Waals surface area contributed by atoms with Crippen LogP contribution in [0.15, 0.2) is 42.5 Å². The van der Waals surface area contributed by atoms with Crippen LogP contribution in [-0.2, 0) is 4.79 Å². The normalized spacial score (nSPS) is 11.9. The van der Waals surface area contributed by atoms with Gasteiger partial charge in [0.15, 0.2) is 11.6 Å². The maximum Gasteiger partial charge on any atom is 0.229 e. The average Bonchev–Trinajstić information content (AvgIpc) is 2.53. The van der Waals surface area contributed by atoms with Crippen molar-refractivity contribution in [3.63, 3.8) is 0 Å². The van der Waals surface area contributed by atoms with Crippen LogP contribution in [0.25, 0.3) is 0 Å². The molecule has 0 bridgehead atoms. The molecule has 0 saturated heterocycles. The van der Waals surface area contributed by atoms with E-state index < -0.39 is 23.6 Å². The van der Waals surface area contributed by atoms with Gasteiger partial charge < -0.3 is 14.7 Å². The number of nitrogens with zero attached hydrogens (tertiary/aromatic N) is 1. The minimum Gasteiger partial charge on any atom is -0.494 e. The third-order valence-corrected chi connectivity index (χ3v) is 3.50. The predicted octanol–water partition coefficient (Wildman–Crippen LogP) is 3.06. The van der Waals surface area contributed by atoms with Gasteiger partial charge in [-0.1, -0.05) is 12.1 Å². The predicted molar refractivity (Wildman–Crippen MR) is 82.3 cm³/mol. The molecule has 1 amide bonds. The van der Waals surface area contributed by atoms with Gasteiger partial charge in [0.1, 0.15) is 5.82 Å². The van der Waals surface area contributed by atoms with Crippen LogP contribution in [0.2, 0.25) is 0 Å². The van der Waals surface area contributed by atoms with E-state index in [-0.39, 0.29) is 12.2 Å². The minimum absolute atomic E-state index is 0.0781. The first-order valence-corrected chi connectivity index (χ1v) is 6.96. The smallest absolute Gasteiger partial charge is 0.229 e. The molecular weight excluding hydrogens is 304 g/mol. The zero-order chi connectivity index (χ0) is 17.0. The van der Waals surface area contributed by atoms with Gasteiger partial charge in [0.05, 0.1) is 19.6 Å². The van der Waals surface area contributed by atoms with Gasteiger partial charge in [0.2, 0.25) is 5.91 Å². The molecule has 2 aromatic carbocycles. The van der Waals surface area contributed by atoms with Crippen molar-refractivity contribution in [1.82, 2.24) is 0 Å². The number of halogens is 2. The molecule has 6 heteroatoms. The largest absolute Gasteiger partial charge is 0.494 e. The molecular formula is C17H17F2NO3. The van der Waals surface area contributed by atoms with Crippen LogP contribution in [0.3, 0.4) is 0 Å². The first-order valence-electron chi connectivity index (χ1n) is 6.96. The van der Waals surface area contributed by atoms with Crippen LogP contribution in [0, 0.1) is 11.6 Å². The molecule has 0 aliphatic rings. The van der Waals surface area contributed by atoms with Gasteiger partial charge in [-0.2, -0.15) is 0 Å². The molecule has 1 atom stereocenters. The van der Waals surface area contributed by atoms with Crippen molar-refractivity contribution < 1.29 is 23.4 Å². The van der Waals surface area contributed by atoms with Crippen LogP contribution in [0.4, 0.5) is 14.5 Å². The van der Waals surface area contributed by atoms with E-state index in [1.165, 1.54) is 61.5 Å². The van der Waals surface area contributed by atoms with Gasteiger partial charge >= 0.3 is 0 Å². The number of benzene rings is 2. The van der Waals surface area contributed by atoms with Crippen molar-refractivity contribution >= 4 is 11.6 Å². The van der Waals surface area contributed by atoms with Crippen LogP contribution in [0.1, 0.15) is 18.1 Å². The van der Waals surface area contributed by atoms with Crippen LogP contribution < -0.4 is 9.64 Å². The maximum atomic E-state index is 13.7. The van der Waals surface area contributed by atoms with Crippen LogP contribution >= 0.6 is 0 Å². The first kappa shape index (κ1) is 16.9. The Labute approximate surface area is 132 Å². The van der Waals surface area contributed by atoms with Crippen LogP contribution in [-0.4, -0.2) is 25.2 Å². The highest BCUT2D eigenvalue weighted by molar-refractivity contribution is 5.93. The quantitative estimate of drug-likeness (QED) is 0.921. The number of carbonyl (C=O) groups excluding carboxylic acids is 1. The highest BCUT2D eigenvalue weighted by Crippen LogP contribution is 2.25. The molecule has 0 radical (unpaired) electrons. The number of hydrogen-bond acceptors (Lipinski definition) is 3. The molecule has 23 heavy (non-hydrogen) atoms. The van der Waals surface area contributed by atoms with Crippen molar-refractivity contribution in [3.8, 4) is 5.75 Å². The lowest BCUT2D eigenvalue weighted by atomic mass is 10.1. The van der Waals surface area contributed by atoms with E-state index in [1.54, 1.807) is 0 Å². The van der Waals surface area contributed by atoms with Crippen LogP contribution in [0.5, 0.6) is 5.75 Å². The highest BCUT2D eigenvalue weighted by atomic mass is 19.1. The van der Waals surface area contributed by atoms with Gasteiger partial charge in [-0.3, -0.25) is 4.79 Å². The summed E-state index contributed by atoms with van der Waals surface area (Å²) in [6.07, 6.45) is -1.38. The summed E-state index contributed by atoms with van der Waals surface area (Å²) < 4.78 is 31.7. The molecule has 2 aromatic rings.